The molecule has 0 saturated carbocycles. The summed E-state index contributed by atoms with van der Waals surface area (Å²) in [6, 6.07) is 0. The number of hydrogen-bond acceptors (Lipinski definition) is 2. The molecule has 84 valence electrons. The van der Waals surface area contributed by atoms with Crippen LogP contribution >= 0.6 is 0 Å². The number of rotatable bonds is 5. The van der Waals surface area contributed by atoms with Crippen molar-refractivity contribution in [3.8, 4) is 0 Å². The summed E-state index contributed by atoms with van der Waals surface area (Å²) in [5.74, 6) is 0. The molecule has 1 unspecified atom stereocenters. The maximum atomic E-state index is 11.8. The Morgan fingerprint density at radius 2 is 1.93 bits per heavy atom. The molecule has 15 heavy (non-hydrogen) atoms. The molecule has 0 bridgehead atoms. The second-order valence-electron chi connectivity index (χ2n) is 3.20. The van der Waals surface area contributed by atoms with Crippen LogP contribution < -0.4 is 0 Å². The second kappa shape index (κ2) is 5.11. The van der Waals surface area contributed by atoms with E-state index >= 15 is 0 Å². The molecule has 2 nitrogen and oxygen atoms in total. The van der Waals surface area contributed by atoms with Gasteiger partial charge in [-0.15, -0.1) is 0 Å². The zero-order valence-corrected chi connectivity index (χ0v) is 7.91. The summed E-state index contributed by atoms with van der Waals surface area (Å²) in [4.78, 5) is 9.87. The number of alkyl halides is 3. The number of halogens is 3. The van der Waals surface area contributed by atoms with E-state index in [0.717, 1.165) is 0 Å². The van der Waals surface area contributed by atoms with E-state index in [1.165, 1.54) is 12.2 Å². The van der Waals surface area contributed by atoms with Gasteiger partial charge in [-0.2, -0.15) is 13.2 Å². The quantitative estimate of drug-likeness (QED) is 0.308. The minimum atomic E-state index is -4.11. The van der Waals surface area contributed by atoms with Gasteiger partial charge in [0.1, 0.15) is 12.4 Å². The highest BCUT2D eigenvalue weighted by Crippen LogP contribution is 2.32. The predicted molar refractivity (Wildman–Crippen MR) is 48.3 cm³/mol. The molecule has 0 spiro atoms. The first-order valence-electron chi connectivity index (χ1n) is 4.54. The van der Waals surface area contributed by atoms with Crippen LogP contribution in [0, 0.1) is 0 Å². The molecule has 1 rings (SSSR count). The average molecular weight is 220 g/mol. The van der Waals surface area contributed by atoms with Crippen LogP contribution in [-0.4, -0.2) is 24.7 Å². The number of epoxide rings is 1. The average Bonchev–Trinajstić information content (AvgIpc) is 2.87. The first kappa shape index (κ1) is 12.0. The third kappa shape index (κ3) is 5.37. The van der Waals surface area contributed by atoms with Crippen LogP contribution in [0.25, 0.3) is 0 Å². The van der Waals surface area contributed by atoms with Gasteiger partial charge in [0.15, 0.2) is 0 Å². The van der Waals surface area contributed by atoms with Gasteiger partial charge < -0.3 is 4.74 Å². The third-order valence-corrected chi connectivity index (χ3v) is 1.94. The van der Waals surface area contributed by atoms with Crippen molar-refractivity contribution in [1.82, 2.24) is 0 Å². The van der Waals surface area contributed by atoms with Gasteiger partial charge in [-0.05, 0) is 12.5 Å². The summed E-state index contributed by atoms with van der Waals surface area (Å²) in [6.07, 6.45) is 1.17. The molecule has 0 N–H and O–H groups in total. The normalized spacial score (nSPS) is 26.3. The van der Waals surface area contributed by atoms with Crippen molar-refractivity contribution in [2.75, 3.05) is 0 Å². The standard InChI is InChI=1S/C10H11F3O2/c11-10(12,13)6-5-9-8(15-9)4-2-1-3-7-14/h1-4,7-9H,5-6H2/b3-1+,4-2+/t8-,9?/m1/s1. The Labute approximate surface area is 85.4 Å². The Morgan fingerprint density at radius 1 is 1.20 bits per heavy atom. The topological polar surface area (TPSA) is 29.6 Å². The molecular weight excluding hydrogens is 209 g/mol. The Kier molecular flexibility index (Phi) is 4.08. The molecule has 0 radical (unpaired) electrons. The van der Waals surface area contributed by atoms with Crippen LogP contribution in [0.5, 0.6) is 0 Å². The fourth-order valence-electron chi connectivity index (χ4n) is 1.15. The Bertz CT molecular complexity index is 268. The number of ether oxygens (including phenoxy) is 1. The van der Waals surface area contributed by atoms with Crippen LogP contribution in [-0.2, 0) is 9.53 Å². The Morgan fingerprint density at radius 3 is 2.53 bits per heavy atom. The molecule has 1 saturated heterocycles. The van der Waals surface area contributed by atoms with E-state index in [2.05, 4.69) is 0 Å². The van der Waals surface area contributed by atoms with Crippen molar-refractivity contribution < 1.29 is 22.7 Å². The summed E-state index contributed by atoms with van der Waals surface area (Å²) < 4.78 is 40.4. The van der Waals surface area contributed by atoms with E-state index in [4.69, 9.17) is 4.74 Å². The summed E-state index contributed by atoms with van der Waals surface area (Å²) >= 11 is 0. The highest BCUT2D eigenvalue weighted by molar-refractivity contribution is 5.65. The van der Waals surface area contributed by atoms with E-state index in [1.807, 2.05) is 0 Å². The monoisotopic (exact) mass is 220 g/mol. The van der Waals surface area contributed by atoms with Crippen LogP contribution in [0.4, 0.5) is 13.2 Å². The highest BCUT2D eigenvalue weighted by atomic mass is 19.4. The molecule has 1 heterocycles. The van der Waals surface area contributed by atoms with Gasteiger partial charge in [-0.1, -0.05) is 18.2 Å². The van der Waals surface area contributed by atoms with Crippen molar-refractivity contribution in [3.05, 3.63) is 24.3 Å². The predicted octanol–water partition coefficient (Wildman–Crippen LogP) is 2.41. The summed E-state index contributed by atoms with van der Waals surface area (Å²) in [5.41, 5.74) is 0. The summed E-state index contributed by atoms with van der Waals surface area (Å²) in [6.45, 7) is 0. The first-order valence-corrected chi connectivity index (χ1v) is 4.54. The largest absolute Gasteiger partial charge is 0.389 e. The van der Waals surface area contributed by atoms with Crippen LogP contribution in [0.2, 0.25) is 0 Å². The highest BCUT2D eigenvalue weighted by Gasteiger charge is 2.39. The molecule has 0 aliphatic carbocycles. The van der Waals surface area contributed by atoms with Crippen molar-refractivity contribution in [2.45, 2.75) is 31.2 Å². The Hall–Kier alpha value is -1.10. The molecular formula is C10H11F3O2. The number of aldehydes is 1. The number of carbonyl (C=O) groups excluding carboxylic acids is 1. The molecule has 0 aromatic rings. The zero-order valence-electron chi connectivity index (χ0n) is 7.91. The SMILES string of the molecule is O=C/C=C/C=C/[C@H]1OC1CCC(F)(F)F. The first-order chi connectivity index (χ1) is 7.03. The van der Waals surface area contributed by atoms with Crippen molar-refractivity contribution >= 4 is 6.29 Å². The van der Waals surface area contributed by atoms with Crippen LogP contribution in [0.3, 0.4) is 0 Å². The third-order valence-electron chi connectivity index (χ3n) is 1.94. The van der Waals surface area contributed by atoms with Crippen molar-refractivity contribution in [3.63, 3.8) is 0 Å². The number of carbonyl (C=O) groups is 1. The van der Waals surface area contributed by atoms with Crippen molar-refractivity contribution in [1.29, 1.82) is 0 Å². The summed E-state index contributed by atoms with van der Waals surface area (Å²) in [5, 5.41) is 0. The lowest BCUT2D eigenvalue weighted by Gasteiger charge is -2.02. The fraction of sp³-hybridized carbons (Fsp3) is 0.500. The van der Waals surface area contributed by atoms with Crippen LogP contribution in [0.1, 0.15) is 12.8 Å². The smallest absolute Gasteiger partial charge is 0.365 e. The lowest BCUT2D eigenvalue weighted by molar-refractivity contribution is -0.136. The van der Waals surface area contributed by atoms with Gasteiger partial charge >= 0.3 is 6.18 Å². The van der Waals surface area contributed by atoms with Crippen LogP contribution in [0.15, 0.2) is 24.3 Å². The maximum Gasteiger partial charge on any atom is 0.389 e. The molecule has 1 aliphatic rings. The number of allylic oxidation sites excluding steroid dienone is 3. The minimum Gasteiger partial charge on any atom is -0.365 e. The molecule has 0 aromatic heterocycles. The van der Waals surface area contributed by atoms with E-state index in [1.54, 1.807) is 12.2 Å². The van der Waals surface area contributed by atoms with E-state index in [9.17, 15) is 18.0 Å². The molecule has 1 fully saturated rings. The Balaban J connectivity index is 2.15. The lowest BCUT2D eigenvalue weighted by Crippen LogP contribution is -2.08. The second-order valence-corrected chi connectivity index (χ2v) is 3.20. The lowest BCUT2D eigenvalue weighted by atomic mass is 10.2. The van der Waals surface area contributed by atoms with Gasteiger partial charge in [-0.3, -0.25) is 4.79 Å². The summed E-state index contributed by atoms with van der Waals surface area (Å²) in [7, 11) is 0. The maximum absolute atomic E-state index is 11.8. The molecule has 1 aliphatic heterocycles. The molecule has 2 atom stereocenters. The van der Waals surface area contributed by atoms with Gasteiger partial charge in [0, 0.05) is 6.42 Å². The van der Waals surface area contributed by atoms with E-state index < -0.39 is 12.6 Å². The van der Waals surface area contributed by atoms with Gasteiger partial charge in [0.2, 0.25) is 0 Å². The van der Waals surface area contributed by atoms with Gasteiger partial charge in [-0.25, -0.2) is 0 Å². The van der Waals surface area contributed by atoms with Crippen molar-refractivity contribution in [2.24, 2.45) is 0 Å². The molecule has 5 heteroatoms. The fourth-order valence-corrected chi connectivity index (χ4v) is 1.15. The van der Waals surface area contributed by atoms with E-state index in [-0.39, 0.29) is 18.6 Å². The molecule has 0 aromatic carbocycles. The van der Waals surface area contributed by atoms with Gasteiger partial charge in [0.05, 0.1) is 6.10 Å². The molecule has 0 amide bonds. The van der Waals surface area contributed by atoms with Gasteiger partial charge in [0.25, 0.3) is 0 Å². The number of hydrogen-bond donors (Lipinski definition) is 0. The zero-order chi connectivity index (χ0) is 11.3. The minimum absolute atomic E-state index is 0.00407. The van der Waals surface area contributed by atoms with E-state index in [0.29, 0.717) is 6.29 Å².